The SMILES string of the molecule is CC(=O)N1CCN(C(=O)Nc2nc(CC(=O)Nc3ccc(N(C)C)cc3)cs2)CC1. The molecule has 1 aliphatic heterocycles. The zero-order valence-corrected chi connectivity index (χ0v) is 18.2. The summed E-state index contributed by atoms with van der Waals surface area (Å²) in [7, 11) is 3.91. The number of nitrogens with zero attached hydrogens (tertiary/aromatic N) is 4. The van der Waals surface area contributed by atoms with Crippen LogP contribution in [0.4, 0.5) is 21.3 Å². The Kier molecular flexibility index (Phi) is 6.88. The van der Waals surface area contributed by atoms with Crippen molar-refractivity contribution in [1.29, 1.82) is 0 Å². The number of rotatable bonds is 5. The molecular weight excluding hydrogens is 404 g/mol. The van der Waals surface area contributed by atoms with Crippen molar-refractivity contribution in [3.8, 4) is 0 Å². The molecule has 30 heavy (non-hydrogen) atoms. The highest BCUT2D eigenvalue weighted by atomic mass is 32.1. The van der Waals surface area contributed by atoms with Crippen molar-refractivity contribution < 1.29 is 14.4 Å². The first kappa shape index (κ1) is 21.6. The van der Waals surface area contributed by atoms with E-state index in [4.69, 9.17) is 0 Å². The van der Waals surface area contributed by atoms with Gasteiger partial charge in [-0.05, 0) is 24.3 Å². The number of amides is 4. The summed E-state index contributed by atoms with van der Waals surface area (Å²) in [5.41, 5.74) is 2.37. The van der Waals surface area contributed by atoms with Gasteiger partial charge in [0.1, 0.15) is 0 Å². The van der Waals surface area contributed by atoms with Gasteiger partial charge in [-0.2, -0.15) is 0 Å². The summed E-state index contributed by atoms with van der Waals surface area (Å²) in [5, 5.41) is 7.83. The molecule has 0 spiro atoms. The van der Waals surface area contributed by atoms with E-state index in [2.05, 4.69) is 15.6 Å². The molecule has 1 aromatic heterocycles. The molecule has 0 saturated carbocycles. The van der Waals surface area contributed by atoms with Gasteiger partial charge in [-0.15, -0.1) is 11.3 Å². The third-order valence-corrected chi connectivity index (χ3v) is 5.59. The molecule has 2 N–H and O–H groups in total. The number of hydrogen-bond acceptors (Lipinski definition) is 6. The average Bonchev–Trinajstić information content (AvgIpc) is 3.14. The molecule has 10 heteroatoms. The van der Waals surface area contributed by atoms with Crippen molar-refractivity contribution >= 4 is 45.7 Å². The van der Waals surface area contributed by atoms with E-state index < -0.39 is 0 Å². The van der Waals surface area contributed by atoms with Crippen molar-refractivity contribution in [2.24, 2.45) is 0 Å². The molecule has 160 valence electrons. The number of carbonyl (C=O) groups excluding carboxylic acids is 3. The fourth-order valence-electron chi connectivity index (χ4n) is 3.05. The summed E-state index contributed by atoms with van der Waals surface area (Å²) in [6.45, 7) is 3.56. The molecule has 0 bridgehead atoms. The second kappa shape index (κ2) is 9.57. The quantitative estimate of drug-likeness (QED) is 0.757. The predicted octanol–water partition coefficient (Wildman–Crippen LogP) is 2.09. The summed E-state index contributed by atoms with van der Waals surface area (Å²) in [5.74, 6) is -0.150. The number of urea groups is 1. The van der Waals surface area contributed by atoms with E-state index in [-0.39, 0.29) is 24.3 Å². The maximum Gasteiger partial charge on any atom is 0.323 e. The van der Waals surface area contributed by atoms with Crippen LogP contribution < -0.4 is 15.5 Å². The van der Waals surface area contributed by atoms with Crippen LogP contribution in [0.5, 0.6) is 0 Å². The molecule has 0 atom stereocenters. The van der Waals surface area contributed by atoms with E-state index in [1.54, 1.807) is 15.2 Å². The van der Waals surface area contributed by atoms with Gasteiger partial charge in [0.05, 0.1) is 12.1 Å². The Morgan fingerprint density at radius 2 is 1.67 bits per heavy atom. The van der Waals surface area contributed by atoms with Crippen LogP contribution in [0.15, 0.2) is 29.6 Å². The monoisotopic (exact) mass is 430 g/mol. The standard InChI is InChI=1S/C20H26N6O3S/c1-14(27)25-8-10-26(11-9-25)20(29)23-19-22-16(13-30-19)12-18(28)21-15-4-6-17(7-5-15)24(2)3/h4-7,13H,8-12H2,1-3H3,(H,21,28)(H,22,23,29). The molecule has 1 aromatic carbocycles. The molecular formula is C20H26N6O3S. The number of aromatic nitrogens is 1. The molecule has 9 nitrogen and oxygen atoms in total. The van der Waals surface area contributed by atoms with E-state index in [1.165, 1.54) is 18.3 Å². The topological polar surface area (TPSA) is 97.9 Å². The van der Waals surface area contributed by atoms with E-state index in [9.17, 15) is 14.4 Å². The fourth-order valence-corrected chi connectivity index (χ4v) is 3.75. The van der Waals surface area contributed by atoms with Crippen LogP contribution in [0.2, 0.25) is 0 Å². The van der Waals surface area contributed by atoms with E-state index >= 15 is 0 Å². The first-order valence-electron chi connectivity index (χ1n) is 9.65. The molecule has 0 radical (unpaired) electrons. The van der Waals surface area contributed by atoms with E-state index in [0.717, 1.165) is 11.4 Å². The van der Waals surface area contributed by atoms with Gasteiger partial charge in [0, 0.05) is 64.0 Å². The zero-order chi connectivity index (χ0) is 21.7. The average molecular weight is 431 g/mol. The largest absolute Gasteiger partial charge is 0.378 e. The Bertz CT molecular complexity index is 904. The Hall–Kier alpha value is -3.14. The van der Waals surface area contributed by atoms with Crippen LogP contribution in [0, 0.1) is 0 Å². The third-order valence-electron chi connectivity index (χ3n) is 4.79. The second-order valence-corrected chi connectivity index (χ2v) is 8.09. The van der Waals surface area contributed by atoms with Crippen LogP contribution in [-0.2, 0) is 16.0 Å². The molecule has 0 aliphatic carbocycles. The molecule has 2 aromatic rings. The number of piperazine rings is 1. The Morgan fingerprint density at radius 3 is 2.27 bits per heavy atom. The molecule has 1 fully saturated rings. The number of hydrogen-bond donors (Lipinski definition) is 2. The molecule has 4 amide bonds. The first-order chi connectivity index (χ1) is 14.3. The molecule has 1 saturated heterocycles. The minimum atomic E-state index is -0.246. The molecule has 2 heterocycles. The Labute approximate surface area is 179 Å². The van der Waals surface area contributed by atoms with Crippen LogP contribution in [0.3, 0.4) is 0 Å². The lowest BCUT2D eigenvalue weighted by atomic mass is 10.2. The lowest BCUT2D eigenvalue weighted by Crippen LogP contribution is -2.51. The number of thiazole rings is 1. The minimum absolute atomic E-state index is 0.0199. The number of carbonyl (C=O) groups is 3. The highest BCUT2D eigenvalue weighted by molar-refractivity contribution is 7.13. The fraction of sp³-hybridized carbons (Fsp3) is 0.400. The van der Waals surface area contributed by atoms with Crippen LogP contribution in [0.25, 0.3) is 0 Å². The van der Waals surface area contributed by atoms with Crippen molar-refractivity contribution in [1.82, 2.24) is 14.8 Å². The highest BCUT2D eigenvalue weighted by Gasteiger charge is 2.23. The van der Waals surface area contributed by atoms with Gasteiger partial charge in [0.25, 0.3) is 0 Å². The minimum Gasteiger partial charge on any atom is -0.378 e. The van der Waals surface area contributed by atoms with Gasteiger partial charge in [-0.3, -0.25) is 14.9 Å². The van der Waals surface area contributed by atoms with Crippen molar-refractivity contribution in [2.75, 3.05) is 55.8 Å². The van der Waals surface area contributed by atoms with Gasteiger partial charge in [0.15, 0.2) is 5.13 Å². The lowest BCUT2D eigenvalue weighted by Gasteiger charge is -2.33. The summed E-state index contributed by atoms with van der Waals surface area (Å²) in [6.07, 6.45) is 0.124. The van der Waals surface area contributed by atoms with Gasteiger partial charge < -0.3 is 20.0 Å². The first-order valence-corrected chi connectivity index (χ1v) is 10.5. The van der Waals surface area contributed by atoms with Gasteiger partial charge in [-0.25, -0.2) is 9.78 Å². The Morgan fingerprint density at radius 1 is 1.03 bits per heavy atom. The zero-order valence-electron chi connectivity index (χ0n) is 17.3. The third kappa shape index (κ3) is 5.69. The van der Waals surface area contributed by atoms with Crippen molar-refractivity contribution in [3.05, 3.63) is 35.3 Å². The predicted molar refractivity (Wildman–Crippen MR) is 118 cm³/mol. The van der Waals surface area contributed by atoms with E-state index in [1.807, 2.05) is 43.3 Å². The van der Waals surface area contributed by atoms with Crippen LogP contribution in [0.1, 0.15) is 12.6 Å². The maximum atomic E-state index is 12.4. The smallest absolute Gasteiger partial charge is 0.323 e. The summed E-state index contributed by atoms with van der Waals surface area (Å²) >= 11 is 1.28. The summed E-state index contributed by atoms with van der Waals surface area (Å²) in [6, 6.07) is 7.33. The van der Waals surface area contributed by atoms with Crippen molar-refractivity contribution in [3.63, 3.8) is 0 Å². The van der Waals surface area contributed by atoms with Crippen LogP contribution in [-0.4, -0.2) is 72.9 Å². The highest BCUT2D eigenvalue weighted by Crippen LogP contribution is 2.19. The maximum absolute atomic E-state index is 12.4. The number of benzene rings is 1. The molecule has 3 rings (SSSR count). The Balaban J connectivity index is 1.48. The molecule has 1 aliphatic rings. The second-order valence-electron chi connectivity index (χ2n) is 7.23. The van der Waals surface area contributed by atoms with Gasteiger partial charge in [-0.1, -0.05) is 0 Å². The summed E-state index contributed by atoms with van der Waals surface area (Å²) in [4.78, 5) is 45.7. The number of nitrogens with one attached hydrogen (secondary N) is 2. The van der Waals surface area contributed by atoms with Crippen molar-refractivity contribution in [2.45, 2.75) is 13.3 Å². The van der Waals surface area contributed by atoms with Gasteiger partial charge >= 0.3 is 6.03 Å². The van der Waals surface area contributed by atoms with Crippen LogP contribution >= 0.6 is 11.3 Å². The van der Waals surface area contributed by atoms with E-state index in [0.29, 0.717) is 37.0 Å². The molecule has 0 unspecified atom stereocenters. The lowest BCUT2D eigenvalue weighted by molar-refractivity contribution is -0.130. The van der Waals surface area contributed by atoms with Gasteiger partial charge in [0.2, 0.25) is 11.8 Å². The summed E-state index contributed by atoms with van der Waals surface area (Å²) < 4.78 is 0. The normalized spacial score (nSPS) is 13.7. The number of anilines is 3.